The lowest BCUT2D eigenvalue weighted by Gasteiger charge is -2.25. The third kappa shape index (κ3) is 5.39. The molecular weight excluding hydrogens is 441 g/mol. The number of fused-ring (bicyclic) bond motifs is 1. The number of halogens is 2. The number of carbonyl (C=O) groups excluding carboxylic acids is 2. The first-order valence-electron chi connectivity index (χ1n) is 11.6. The van der Waals surface area contributed by atoms with Crippen LogP contribution >= 0.6 is 11.6 Å². The van der Waals surface area contributed by atoms with Gasteiger partial charge in [0.2, 0.25) is 5.91 Å². The Morgan fingerprint density at radius 2 is 1.70 bits per heavy atom. The summed E-state index contributed by atoms with van der Waals surface area (Å²) in [6.07, 6.45) is 0.829. The average molecular weight is 472 g/mol. The van der Waals surface area contributed by atoms with E-state index in [1.807, 2.05) is 32.0 Å². The zero-order valence-corrected chi connectivity index (χ0v) is 19.9. The zero-order valence-electron chi connectivity index (χ0n) is 19.1. The molecule has 0 saturated carbocycles. The van der Waals surface area contributed by atoms with Crippen LogP contribution in [0.25, 0.3) is 0 Å². The number of nitrogens with one attached hydrogen (secondary N) is 1. The van der Waals surface area contributed by atoms with Crippen molar-refractivity contribution in [3.05, 3.63) is 70.5 Å². The van der Waals surface area contributed by atoms with Crippen LogP contribution in [-0.2, 0) is 4.79 Å². The molecule has 2 aromatic rings. The van der Waals surface area contributed by atoms with Gasteiger partial charge in [-0.15, -0.1) is 0 Å². The number of benzene rings is 2. The Kier molecular flexibility index (Phi) is 7.35. The van der Waals surface area contributed by atoms with Crippen LogP contribution in [-0.4, -0.2) is 54.3 Å². The van der Waals surface area contributed by atoms with E-state index >= 15 is 0 Å². The van der Waals surface area contributed by atoms with Gasteiger partial charge in [0.05, 0.1) is 16.6 Å². The van der Waals surface area contributed by atoms with Crippen molar-refractivity contribution in [3.8, 4) is 0 Å². The van der Waals surface area contributed by atoms with E-state index in [2.05, 4.69) is 22.3 Å². The van der Waals surface area contributed by atoms with Crippen molar-refractivity contribution < 1.29 is 14.0 Å². The minimum atomic E-state index is -0.568. The first-order valence-corrected chi connectivity index (χ1v) is 12.0. The number of hydrogen-bond donors (Lipinski definition) is 1. The van der Waals surface area contributed by atoms with Gasteiger partial charge >= 0.3 is 0 Å². The fourth-order valence-corrected chi connectivity index (χ4v) is 5.20. The molecule has 2 amide bonds. The van der Waals surface area contributed by atoms with Gasteiger partial charge in [-0.2, -0.15) is 0 Å². The number of rotatable bonds is 7. The largest absolute Gasteiger partial charge is 0.349 e. The third-order valence-electron chi connectivity index (χ3n) is 6.80. The van der Waals surface area contributed by atoms with Gasteiger partial charge < -0.3 is 15.1 Å². The highest BCUT2D eigenvalue weighted by Gasteiger charge is 2.42. The van der Waals surface area contributed by atoms with E-state index in [-0.39, 0.29) is 34.4 Å². The Bertz CT molecular complexity index is 966. The SMILES string of the molecule is CC(C)C(=O)N[C@@H](CCN1CC2CN(C(=O)c3c(F)cccc3Cl)CC2C1)c1ccccc1. The maximum absolute atomic E-state index is 14.2. The van der Waals surface area contributed by atoms with Crippen LogP contribution in [0, 0.1) is 23.6 Å². The van der Waals surface area contributed by atoms with Crippen molar-refractivity contribution in [1.82, 2.24) is 15.1 Å². The molecule has 0 aromatic heterocycles. The molecule has 4 rings (SSSR count). The molecule has 0 aliphatic carbocycles. The van der Waals surface area contributed by atoms with E-state index in [4.69, 9.17) is 11.6 Å². The van der Waals surface area contributed by atoms with Crippen molar-refractivity contribution in [2.24, 2.45) is 17.8 Å². The van der Waals surface area contributed by atoms with Gasteiger partial charge in [0.1, 0.15) is 5.82 Å². The molecule has 3 atom stereocenters. The molecular formula is C26H31ClFN3O2. The number of carbonyl (C=O) groups is 2. The zero-order chi connectivity index (χ0) is 23.5. The summed E-state index contributed by atoms with van der Waals surface area (Å²) in [4.78, 5) is 29.4. The molecule has 2 aromatic carbocycles. The normalized spacial score (nSPS) is 21.3. The first-order chi connectivity index (χ1) is 15.8. The highest BCUT2D eigenvalue weighted by Crippen LogP contribution is 2.33. The summed E-state index contributed by atoms with van der Waals surface area (Å²) in [5.41, 5.74) is 1.09. The monoisotopic (exact) mass is 471 g/mol. The number of hydrogen-bond acceptors (Lipinski definition) is 3. The molecule has 2 aliphatic heterocycles. The van der Waals surface area contributed by atoms with E-state index in [0.717, 1.165) is 31.6 Å². The van der Waals surface area contributed by atoms with Gasteiger partial charge in [-0.25, -0.2) is 4.39 Å². The van der Waals surface area contributed by atoms with Crippen LogP contribution in [0.15, 0.2) is 48.5 Å². The highest BCUT2D eigenvalue weighted by molar-refractivity contribution is 6.33. The van der Waals surface area contributed by atoms with Crippen LogP contribution in [0.1, 0.15) is 42.2 Å². The Balaban J connectivity index is 1.34. The second-order valence-electron chi connectivity index (χ2n) is 9.50. The first kappa shape index (κ1) is 23.7. The van der Waals surface area contributed by atoms with Crippen molar-refractivity contribution in [2.45, 2.75) is 26.3 Å². The quantitative estimate of drug-likeness (QED) is 0.651. The summed E-state index contributed by atoms with van der Waals surface area (Å²) in [6, 6.07) is 14.4. The number of amides is 2. The van der Waals surface area contributed by atoms with E-state index in [1.54, 1.807) is 11.0 Å². The molecule has 2 fully saturated rings. The van der Waals surface area contributed by atoms with Crippen LogP contribution in [0.2, 0.25) is 5.02 Å². The van der Waals surface area contributed by atoms with Gasteiger partial charge in [0.25, 0.3) is 5.91 Å². The Labute approximate surface area is 199 Å². The summed E-state index contributed by atoms with van der Waals surface area (Å²) in [6.45, 7) is 7.73. The second kappa shape index (κ2) is 10.2. The van der Waals surface area contributed by atoms with E-state index in [9.17, 15) is 14.0 Å². The molecule has 0 radical (unpaired) electrons. The van der Waals surface area contributed by atoms with Gasteiger partial charge in [-0.1, -0.05) is 61.8 Å². The lowest BCUT2D eigenvalue weighted by Crippen LogP contribution is -2.36. The Hall–Kier alpha value is -2.44. The fraction of sp³-hybridized carbons (Fsp3) is 0.462. The molecule has 2 aliphatic rings. The lowest BCUT2D eigenvalue weighted by molar-refractivity contribution is -0.124. The minimum Gasteiger partial charge on any atom is -0.349 e. The minimum absolute atomic E-state index is 0.0252. The molecule has 0 bridgehead atoms. The summed E-state index contributed by atoms with van der Waals surface area (Å²) in [5.74, 6) is -0.141. The van der Waals surface area contributed by atoms with E-state index in [1.165, 1.54) is 12.1 Å². The van der Waals surface area contributed by atoms with Gasteiger partial charge in [0, 0.05) is 38.6 Å². The van der Waals surface area contributed by atoms with Crippen molar-refractivity contribution in [1.29, 1.82) is 0 Å². The van der Waals surface area contributed by atoms with Gasteiger partial charge in [-0.3, -0.25) is 9.59 Å². The van der Waals surface area contributed by atoms with Crippen LogP contribution in [0.5, 0.6) is 0 Å². The van der Waals surface area contributed by atoms with Crippen molar-refractivity contribution in [3.63, 3.8) is 0 Å². The molecule has 176 valence electrons. The summed E-state index contributed by atoms with van der Waals surface area (Å²) < 4.78 is 14.2. The topological polar surface area (TPSA) is 52.7 Å². The molecule has 2 heterocycles. The predicted octanol–water partition coefficient (Wildman–Crippen LogP) is 4.39. The van der Waals surface area contributed by atoms with Crippen molar-refractivity contribution in [2.75, 3.05) is 32.7 Å². The number of nitrogens with zero attached hydrogens (tertiary/aromatic N) is 2. The highest BCUT2D eigenvalue weighted by atomic mass is 35.5. The molecule has 33 heavy (non-hydrogen) atoms. The molecule has 1 N–H and O–H groups in total. The van der Waals surface area contributed by atoms with E-state index < -0.39 is 5.82 Å². The second-order valence-corrected chi connectivity index (χ2v) is 9.91. The smallest absolute Gasteiger partial charge is 0.258 e. The molecule has 7 heteroatoms. The summed E-state index contributed by atoms with van der Waals surface area (Å²) in [5, 5.41) is 3.35. The lowest BCUT2D eigenvalue weighted by atomic mass is 10.0. The van der Waals surface area contributed by atoms with Crippen LogP contribution < -0.4 is 5.32 Å². The maximum Gasteiger partial charge on any atom is 0.258 e. The Morgan fingerprint density at radius 1 is 1.03 bits per heavy atom. The third-order valence-corrected chi connectivity index (χ3v) is 7.12. The van der Waals surface area contributed by atoms with Gasteiger partial charge in [0.15, 0.2) is 0 Å². The summed E-state index contributed by atoms with van der Waals surface area (Å²) in [7, 11) is 0. The van der Waals surface area contributed by atoms with Crippen LogP contribution in [0.3, 0.4) is 0 Å². The fourth-order valence-electron chi connectivity index (χ4n) is 4.96. The molecule has 5 nitrogen and oxygen atoms in total. The average Bonchev–Trinajstić information content (AvgIpc) is 3.35. The van der Waals surface area contributed by atoms with E-state index in [0.29, 0.717) is 24.9 Å². The number of likely N-dealkylation sites (tertiary alicyclic amines) is 2. The Morgan fingerprint density at radius 3 is 2.30 bits per heavy atom. The molecule has 2 saturated heterocycles. The molecule has 2 unspecified atom stereocenters. The summed E-state index contributed by atoms with van der Waals surface area (Å²) >= 11 is 6.10. The van der Waals surface area contributed by atoms with Crippen molar-refractivity contribution >= 4 is 23.4 Å². The standard InChI is InChI=1S/C26H31ClFN3O2/c1-17(2)25(32)29-23(18-7-4-3-5-8-18)11-12-30-13-19-15-31(16-20(19)14-30)26(33)24-21(27)9-6-10-22(24)28/h3-10,17,19-20,23H,11-16H2,1-2H3,(H,29,32)/t19?,20?,23-/m0/s1. The maximum atomic E-state index is 14.2. The van der Waals surface area contributed by atoms with Crippen LogP contribution in [0.4, 0.5) is 4.39 Å². The molecule has 0 spiro atoms. The predicted molar refractivity (Wildman–Crippen MR) is 128 cm³/mol. The van der Waals surface area contributed by atoms with Gasteiger partial charge in [-0.05, 0) is 36.0 Å².